The Kier molecular flexibility index (Phi) is 5.29. The highest BCUT2D eigenvalue weighted by Gasteiger charge is 2.13. The lowest BCUT2D eigenvalue weighted by molar-refractivity contribution is 0.100. The molecule has 1 aromatic carbocycles. The molecule has 0 unspecified atom stereocenters. The summed E-state index contributed by atoms with van der Waals surface area (Å²) in [6.07, 6.45) is 2.07. The van der Waals surface area contributed by atoms with E-state index in [1.54, 1.807) is 24.3 Å². The van der Waals surface area contributed by atoms with Gasteiger partial charge in [0.2, 0.25) is 0 Å². The van der Waals surface area contributed by atoms with Crippen molar-refractivity contribution in [1.29, 1.82) is 0 Å². The van der Waals surface area contributed by atoms with Crippen molar-refractivity contribution in [1.82, 2.24) is 4.57 Å². The number of thiophene rings is 1. The van der Waals surface area contributed by atoms with Crippen LogP contribution in [0.4, 0.5) is 0 Å². The summed E-state index contributed by atoms with van der Waals surface area (Å²) < 4.78 is 27.2. The molecule has 2 heterocycles. The minimum absolute atomic E-state index is 0.268. The first kappa shape index (κ1) is 18.5. The van der Waals surface area contributed by atoms with Crippen LogP contribution in [-0.4, -0.2) is 25.1 Å². The van der Waals surface area contributed by atoms with Gasteiger partial charge in [-0.3, -0.25) is 4.79 Å². The van der Waals surface area contributed by atoms with Gasteiger partial charge in [-0.25, -0.2) is 8.42 Å². The maximum atomic E-state index is 12.4. The average Bonchev–Trinajstić information content (AvgIpc) is 3.11. The van der Waals surface area contributed by atoms with Gasteiger partial charge in [-0.2, -0.15) is 4.99 Å². The number of halogens is 1. The molecule has 0 N–H and O–H groups in total. The Morgan fingerprint density at radius 3 is 2.60 bits per heavy atom. The van der Waals surface area contributed by atoms with Gasteiger partial charge in [0.25, 0.3) is 5.91 Å². The third-order valence-corrected chi connectivity index (χ3v) is 7.27. The van der Waals surface area contributed by atoms with E-state index in [1.807, 2.05) is 17.6 Å². The smallest absolute Gasteiger partial charge is 0.289 e. The minimum atomic E-state index is -3.28. The molecule has 3 rings (SSSR count). The quantitative estimate of drug-likeness (QED) is 0.591. The van der Waals surface area contributed by atoms with Crippen molar-refractivity contribution < 1.29 is 13.2 Å². The van der Waals surface area contributed by atoms with Crippen LogP contribution in [0.3, 0.4) is 0 Å². The fraction of sp³-hybridized carbons (Fsp3) is 0.250. The van der Waals surface area contributed by atoms with Crippen LogP contribution in [0.5, 0.6) is 0 Å². The molecule has 0 aliphatic heterocycles. The minimum Gasteiger partial charge on any atom is -0.316 e. The van der Waals surface area contributed by atoms with E-state index in [0.29, 0.717) is 16.2 Å². The lowest BCUT2D eigenvalue weighted by atomic mass is 10.3. The molecule has 0 aliphatic carbocycles. The van der Waals surface area contributed by atoms with E-state index < -0.39 is 9.84 Å². The van der Waals surface area contributed by atoms with Crippen LogP contribution >= 0.6 is 38.6 Å². The second-order valence-corrected chi connectivity index (χ2v) is 10.9. The Labute approximate surface area is 161 Å². The number of thiazole rings is 1. The highest BCUT2D eigenvalue weighted by molar-refractivity contribution is 9.11. The second kappa shape index (κ2) is 7.14. The highest BCUT2D eigenvalue weighted by atomic mass is 79.9. The number of carbonyl (C=O) groups is 1. The summed E-state index contributed by atoms with van der Waals surface area (Å²) in [5.74, 6) is -0.296. The van der Waals surface area contributed by atoms with Crippen molar-refractivity contribution in [3.63, 3.8) is 0 Å². The zero-order chi connectivity index (χ0) is 18.2. The monoisotopic (exact) mass is 458 g/mol. The number of amides is 1. The number of carbonyl (C=O) groups excluding carboxylic acids is 1. The molecule has 5 nitrogen and oxygen atoms in total. The Morgan fingerprint density at radius 1 is 1.24 bits per heavy atom. The predicted molar refractivity (Wildman–Crippen MR) is 105 cm³/mol. The Balaban J connectivity index is 2.18. The van der Waals surface area contributed by atoms with Gasteiger partial charge < -0.3 is 4.57 Å². The first-order valence-electron chi connectivity index (χ1n) is 7.47. The number of hydrogen-bond acceptors (Lipinski definition) is 5. The molecule has 9 heteroatoms. The molecule has 0 atom stereocenters. The summed E-state index contributed by atoms with van der Waals surface area (Å²) >= 11 is 6.01. The van der Waals surface area contributed by atoms with Crippen molar-refractivity contribution in [2.45, 2.75) is 24.8 Å². The van der Waals surface area contributed by atoms with Crippen LogP contribution in [0.2, 0.25) is 0 Å². The maximum absolute atomic E-state index is 12.4. The molecular weight excluding hydrogens is 444 g/mol. The molecule has 0 fully saturated rings. The van der Waals surface area contributed by atoms with Crippen LogP contribution in [0.25, 0.3) is 10.2 Å². The third-order valence-electron chi connectivity index (χ3n) is 3.51. The Morgan fingerprint density at radius 2 is 2.00 bits per heavy atom. The fourth-order valence-electron chi connectivity index (χ4n) is 2.38. The predicted octanol–water partition coefficient (Wildman–Crippen LogP) is 4.08. The molecule has 0 bridgehead atoms. The highest BCUT2D eigenvalue weighted by Crippen LogP contribution is 2.24. The lowest BCUT2D eigenvalue weighted by Crippen LogP contribution is -2.16. The van der Waals surface area contributed by atoms with Crippen LogP contribution in [0, 0.1) is 0 Å². The van der Waals surface area contributed by atoms with Gasteiger partial charge in [-0.1, -0.05) is 18.3 Å². The molecule has 25 heavy (non-hydrogen) atoms. The molecule has 0 radical (unpaired) electrons. The number of nitrogens with zero attached hydrogens (tertiary/aromatic N) is 2. The van der Waals surface area contributed by atoms with Gasteiger partial charge in [0.05, 0.1) is 23.8 Å². The summed E-state index contributed by atoms with van der Waals surface area (Å²) in [5, 5.41) is 0. The van der Waals surface area contributed by atoms with Gasteiger partial charge in [-0.15, -0.1) is 11.3 Å². The lowest BCUT2D eigenvalue weighted by Gasteiger charge is -2.03. The summed E-state index contributed by atoms with van der Waals surface area (Å²) in [4.78, 5) is 18.1. The van der Waals surface area contributed by atoms with Crippen molar-refractivity contribution in [3.05, 3.63) is 43.8 Å². The molecular formula is C16H15BrN2O3S3. The molecule has 1 amide bonds. The Hall–Kier alpha value is -1.29. The van der Waals surface area contributed by atoms with Crippen LogP contribution in [0.15, 0.2) is 44.0 Å². The molecule has 3 aromatic rings. The average molecular weight is 459 g/mol. The first-order chi connectivity index (χ1) is 11.8. The number of rotatable bonds is 4. The zero-order valence-electron chi connectivity index (χ0n) is 13.5. The Bertz CT molecular complexity index is 1120. The number of hydrogen-bond donors (Lipinski definition) is 0. The number of aromatic nitrogens is 1. The summed E-state index contributed by atoms with van der Waals surface area (Å²) in [7, 11) is -3.28. The van der Waals surface area contributed by atoms with Gasteiger partial charge in [0, 0.05) is 12.8 Å². The van der Waals surface area contributed by atoms with E-state index >= 15 is 0 Å². The maximum Gasteiger partial charge on any atom is 0.289 e. The van der Waals surface area contributed by atoms with E-state index in [-0.39, 0.29) is 10.8 Å². The number of sulfone groups is 1. The van der Waals surface area contributed by atoms with Crippen molar-refractivity contribution >= 4 is 64.6 Å². The standard InChI is InChI=1S/C16H15BrN2O3S3/c1-3-8-19-11-5-4-10(25(2,21)22)9-13(11)24-16(19)18-15(20)12-6-7-14(17)23-12/h4-7,9H,3,8H2,1-2H3. The fourth-order valence-corrected chi connectivity index (χ4v) is 5.47. The molecule has 2 aromatic heterocycles. The van der Waals surface area contributed by atoms with E-state index in [2.05, 4.69) is 20.9 Å². The van der Waals surface area contributed by atoms with E-state index in [4.69, 9.17) is 0 Å². The third kappa shape index (κ3) is 3.94. The number of aryl methyl sites for hydroxylation is 1. The SMILES string of the molecule is CCCn1c(=NC(=O)c2ccc(Br)s2)sc2cc(S(C)(=O)=O)ccc21. The second-order valence-electron chi connectivity index (χ2n) is 5.46. The molecule has 0 saturated carbocycles. The molecule has 132 valence electrons. The van der Waals surface area contributed by atoms with Gasteiger partial charge >= 0.3 is 0 Å². The van der Waals surface area contributed by atoms with E-state index in [1.165, 1.54) is 28.9 Å². The van der Waals surface area contributed by atoms with Gasteiger partial charge in [-0.05, 0) is 52.7 Å². The van der Waals surface area contributed by atoms with Crippen molar-refractivity contribution in [3.8, 4) is 0 Å². The van der Waals surface area contributed by atoms with Gasteiger partial charge in [0.1, 0.15) is 0 Å². The normalized spacial score (nSPS) is 12.8. The molecule has 0 spiro atoms. The first-order valence-corrected chi connectivity index (χ1v) is 11.8. The largest absolute Gasteiger partial charge is 0.316 e. The van der Waals surface area contributed by atoms with Crippen LogP contribution in [0.1, 0.15) is 23.0 Å². The number of benzene rings is 1. The van der Waals surface area contributed by atoms with Crippen LogP contribution in [-0.2, 0) is 16.4 Å². The van der Waals surface area contributed by atoms with Crippen molar-refractivity contribution in [2.24, 2.45) is 4.99 Å². The van der Waals surface area contributed by atoms with E-state index in [0.717, 1.165) is 20.4 Å². The topological polar surface area (TPSA) is 68.5 Å². The molecule has 0 saturated heterocycles. The summed E-state index contributed by atoms with van der Waals surface area (Å²) in [5.41, 5.74) is 0.887. The number of fused-ring (bicyclic) bond motifs is 1. The molecule has 0 aliphatic rings. The van der Waals surface area contributed by atoms with E-state index in [9.17, 15) is 13.2 Å². The zero-order valence-corrected chi connectivity index (χ0v) is 17.6. The summed E-state index contributed by atoms with van der Waals surface area (Å²) in [6.45, 7) is 2.75. The van der Waals surface area contributed by atoms with Crippen molar-refractivity contribution in [2.75, 3.05) is 6.26 Å². The van der Waals surface area contributed by atoms with Gasteiger partial charge in [0.15, 0.2) is 14.6 Å². The van der Waals surface area contributed by atoms with Crippen LogP contribution < -0.4 is 4.80 Å². The summed E-state index contributed by atoms with van der Waals surface area (Å²) in [6, 6.07) is 8.57.